The molecular formula is C22H30O7S. The van der Waals surface area contributed by atoms with Crippen LogP contribution in [0.25, 0.3) is 0 Å². The molecule has 5 aliphatic rings. The lowest BCUT2D eigenvalue weighted by atomic mass is 9.58. The van der Waals surface area contributed by atoms with Gasteiger partial charge in [-0.1, -0.05) is 24.6 Å². The predicted molar refractivity (Wildman–Crippen MR) is 107 cm³/mol. The zero-order valence-electron chi connectivity index (χ0n) is 17.7. The highest BCUT2D eigenvalue weighted by atomic mass is 32.2. The molecule has 166 valence electrons. The van der Waals surface area contributed by atoms with Crippen molar-refractivity contribution in [3.05, 3.63) is 29.8 Å². The first-order valence-corrected chi connectivity index (χ1v) is 12.3. The molecule has 1 spiro atoms. The summed E-state index contributed by atoms with van der Waals surface area (Å²) in [6.07, 6.45) is 3.15. The van der Waals surface area contributed by atoms with Crippen LogP contribution in [0.3, 0.4) is 0 Å². The van der Waals surface area contributed by atoms with E-state index >= 15 is 0 Å². The minimum atomic E-state index is -3.84. The fourth-order valence-corrected chi connectivity index (χ4v) is 6.80. The van der Waals surface area contributed by atoms with E-state index in [2.05, 4.69) is 6.92 Å². The third kappa shape index (κ3) is 3.24. The first kappa shape index (κ1) is 20.8. The van der Waals surface area contributed by atoms with E-state index in [1.807, 2.05) is 13.8 Å². The Morgan fingerprint density at radius 2 is 1.87 bits per heavy atom. The first-order valence-electron chi connectivity index (χ1n) is 10.9. The molecule has 0 amide bonds. The van der Waals surface area contributed by atoms with E-state index in [4.69, 9.17) is 23.4 Å². The topological polar surface area (TPSA) is 80.3 Å². The zero-order chi connectivity index (χ0) is 21.1. The van der Waals surface area contributed by atoms with Crippen LogP contribution in [0.2, 0.25) is 0 Å². The molecule has 1 saturated carbocycles. The van der Waals surface area contributed by atoms with Crippen molar-refractivity contribution in [2.75, 3.05) is 13.2 Å². The van der Waals surface area contributed by atoms with Crippen molar-refractivity contribution in [1.29, 1.82) is 0 Å². The second-order valence-corrected chi connectivity index (χ2v) is 11.2. The van der Waals surface area contributed by atoms with Crippen molar-refractivity contribution < 1.29 is 31.8 Å². The van der Waals surface area contributed by atoms with Crippen LogP contribution in [0.4, 0.5) is 0 Å². The molecule has 1 aliphatic carbocycles. The van der Waals surface area contributed by atoms with Gasteiger partial charge in [-0.3, -0.25) is 4.18 Å². The predicted octanol–water partition coefficient (Wildman–Crippen LogP) is 3.56. The van der Waals surface area contributed by atoms with Crippen LogP contribution < -0.4 is 0 Å². The summed E-state index contributed by atoms with van der Waals surface area (Å²) in [5.74, 6) is -0.173. The molecule has 4 saturated heterocycles. The summed E-state index contributed by atoms with van der Waals surface area (Å²) < 4.78 is 43.3. The molecule has 4 aliphatic heterocycles. The number of aryl methyl sites for hydroxylation is 1. The highest BCUT2D eigenvalue weighted by molar-refractivity contribution is 7.86. The lowest BCUT2D eigenvalue weighted by Gasteiger charge is -2.59. The standard InChI is InChI=1S/C22H30O7S/c1-14-4-7-17(8-5-14)30(23,24)26-13-16-12-25-20-22-18(15(2)6-9-19(16)22)10-11-21(3,27-20)28-29-22/h4-5,7-8,15-16,18-20H,6,9-13H2,1-3H3/t15-,16-,18+,19+,20-,21-,22-/m1/s1. The lowest BCUT2D eigenvalue weighted by Crippen LogP contribution is -2.69. The van der Waals surface area contributed by atoms with Crippen LogP contribution in [0.1, 0.15) is 45.1 Å². The average molecular weight is 439 g/mol. The molecule has 30 heavy (non-hydrogen) atoms. The fourth-order valence-electron chi connectivity index (χ4n) is 5.84. The quantitative estimate of drug-likeness (QED) is 0.525. The normalized spacial score (nSPS) is 43.1. The van der Waals surface area contributed by atoms with Crippen LogP contribution in [0.15, 0.2) is 29.2 Å². The van der Waals surface area contributed by atoms with E-state index in [1.54, 1.807) is 24.3 Å². The van der Waals surface area contributed by atoms with Gasteiger partial charge < -0.3 is 9.47 Å². The molecule has 0 unspecified atom stereocenters. The molecule has 2 bridgehead atoms. The number of hydrogen-bond acceptors (Lipinski definition) is 7. The Morgan fingerprint density at radius 3 is 2.63 bits per heavy atom. The molecule has 7 nitrogen and oxygen atoms in total. The van der Waals surface area contributed by atoms with Crippen molar-refractivity contribution in [2.24, 2.45) is 23.7 Å². The van der Waals surface area contributed by atoms with Crippen molar-refractivity contribution >= 4 is 10.1 Å². The van der Waals surface area contributed by atoms with Crippen LogP contribution in [0.5, 0.6) is 0 Å². The highest BCUT2D eigenvalue weighted by Crippen LogP contribution is 2.59. The van der Waals surface area contributed by atoms with Gasteiger partial charge in [0.15, 0.2) is 11.9 Å². The minimum absolute atomic E-state index is 0.0494. The second-order valence-electron chi connectivity index (χ2n) is 9.56. The van der Waals surface area contributed by atoms with Crippen LogP contribution in [0, 0.1) is 30.6 Å². The number of benzene rings is 1. The fraction of sp³-hybridized carbons (Fsp3) is 0.727. The molecule has 8 heteroatoms. The van der Waals surface area contributed by atoms with Gasteiger partial charge in [-0.2, -0.15) is 8.42 Å². The average Bonchev–Trinajstić information content (AvgIpc) is 2.95. The Bertz CT molecular complexity index is 901. The first-order chi connectivity index (χ1) is 14.2. The maximum atomic E-state index is 12.7. The van der Waals surface area contributed by atoms with Crippen molar-refractivity contribution in [2.45, 2.75) is 69.0 Å². The number of hydrogen-bond donors (Lipinski definition) is 0. The maximum Gasteiger partial charge on any atom is 0.296 e. The van der Waals surface area contributed by atoms with Crippen molar-refractivity contribution in [3.63, 3.8) is 0 Å². The Hall–Kier alpha value is -1.03. The molecule has 4 heterocycles. The summed E-state index contributed by atoms with van der Waals surface area (Å²) >= 11 is 0. The van der Waals surface area contributed by atoms with E-state index in [9.17, 15) is 8.42 Å². The van der Waals surface area contributed by atoms with Gasteiger partial charge in [0.25, 0.3) is 10.1 Å². The Labute approximate surface area is 178 Å². The lowest BCUT2D eigenvalue weighted by molar-refractivity contribution is -0.567. The van der Waals surface area contributed by atoms with E-state index in [0.29, 0.717) is 12.5 Å². The molecule has 1 aromatic carbocycles. The number of fused-ring (bicyclic) bond motifs is 2. The van der Waals surface area contributed by atoms with Gasteiger partial charge >= 0.3 is 0 Å². The Balaban J connectivity index is 1.39. The smallest absolute Gasteiger partial charge is 0.296 e. The summed E-state index contributed by atoms with van der Waals surface area (Å²) in [7, 11) is -3.84. The van der Waals surface area contributed by atoms with E-state index in [0.717, 1.165) is 31.2 Å². The summed E-state index contributed by atoms with van der Waals surface area (Å²) in [4.78, 5) is 12.1. The Kier molecular flexibility index (Phi) is 5.04. The Morgan fingerprint density at radius 1 is 1.10 bits per heavy atom. The van der Waals surface area contributed by atoms with Gasteiger partial charge in [0.05, 0.1) is 18.1 Å². The second kappa shape index (κ2) is 7.25. The van der Waals surface area contributed by atoms with E-state index in [-0.39, 0.29) is 29.3 Å². The number of rotatable bonds is 4. The molecular weight excluding hydrogens is 408 g/mol. The van der Waals surface area contributed by atoms with Gasteiger partial charge in [0, 0.05) is 18.3 Å². The molecule has 6 rings (SSSR count). The van der Waals surface area contributed by atoms with Gasteiger partial charge in [-0.05, 0) is 57.1 Å². The van der Waals surface area contributed by atoms with Gasteiger partial charge in [0.1, 0.15) is 0 Å². The summed E-state index contributed by atoms with van der Waals surface area (Å²) in [5.41, 5.74) is 0.282. The molecule has 1 aromatic rings. The van der Waals surface area contributed by atoms with Crippen molar-refractivity contribution in [1.82, 2.24) is 0 Å². The molecule has 0 N–H and O–H groups in total. The maximum absolute atomic E-state index is 12.7. The van der Waals surface area contributed by atoms with Crippen LogP contribution in [-0.4, -0.2) is 39.3 Å². The molecule has 0 aromatic heterocycles. The molecule has 0 radical (unpaired) electrons. The van der Waals surface area contributed by atoms with Gasteiger partial charge in [-0.15, -0.1) is 0 Å². The summed E-state index contributed by atoms with van der Waals surface area (Å²) in [6.45, 7) is 6.49. The van der Waals surface area contributed by atoms with Gasteiger partial charge in [0.2, 0.25) is 5.79 Å². The zero-order valence-corrected chi connectivity index (χ0v) is 18.5. The van der Waals surface area contributed by atoms with Crippen LogP contribution in [-0.2, 0) is 33.6 Å². The van der Waals surface area contributed by atoms with E-state index in [1.165, 1.54) is 0 Å². The van der Waals surface area contributed by atoms with E-state index < -0.39 is 27.8 Å². The van der Waals surface area contributed by atoms with Crippen LogP contribution >= 0.6 is 0 Å². The number of ether oxygens (including phenoxy) is 2. The summed E-state index contributed by atoms with van der Waals surface area (Å²) in [5, 5.41) is 0. The van der Waals surface area contributed by atoms with Gasteiger partial charge in [-0.25, -0.2) is 9.78 Å². The molecule has 5 fully saturated rings. The van der Waals surface area contributed by atoms with Crippen molar-refractivity contribution in [3.8, 4) is 0 Å². The third-order valence-corrected chi connectivity index (χ3v) is 8.85. The largest absolute Gasteiger partial charge is 0.349 e. The molecule has 7 atom stereocenters. The monoisotopic (exact) mass is 438 g/mol. The highest BCUT2D eigenvalue weighted by Gasteiger charge is 2.68. The third-order valence-electron chi connectivity index (χ3n) is 7.55. The SMILES string of the molecule is Cc1ccc(S(=O)(=O)OC[C@H]2CO[C@@H]3O[C@@]4(C)CC[C@H]5[C@H](C)CC[C@@H]2[C@@]35OO4)cc1. The summed E-state index contributed by atoms with van der Waals surface area (Å²) in [6, 6.07) is 6.69. The minimum Gasteiger partial charge on any atom is -0.349 e.